The largest absolute Gasteiger partial charge is 0.209 e. The Bertz CT molecular complexity index is 14.4. The molecule has 32 valence electrons. The summed E-state index contributed by atoms with van der Waals surface area (Å²) in [5.74, 6) is 0. The zero-order chi connectivity index (χ0) is 4.12. The molecule has 0 bridgehead atoms. The smallest absolute Gasteiger partial charge is 0.146 e. The lowest BCUT2D eigenvalue weighted by molar-refractivity contribution is -0.442. The Kier molecular flexibility index (Phi) is 4.67. The van der Waals surface area contributed by atoms with Crippen LogP contribution in [-0.2, 0) is 13.9 Å². The van der Waals surface area contributed by atoms with E-state index in [1.165, 1.54) is 7.11 Å². The molecule has 0 aliphatic rings. The van der Waals surface area contributed by atoms with Gasteiger partial charge >= 0.3 is 0 Å². The summed E-state index contributed by atoms with van der Waals surface area (Å²) < 4.78 is 3.78. The summed E-state index contributed by atoms with van der Waals surface area (Å²) in [5.41, 5.74) is 0. The predicted octanol–water partition coefficient (Wildman–Crippen LogP) is 0.806. The highest BCUT2D eigenvalue weighted by atomic mass is 79.9. The summed E-state index contributed by atoms with van der Waals surface area (Å²) in [7, 11) is 1.33. The Balaban J connectivity index is 2.19. The molecular weight excluding hydrogens is 140 g/mol. The van der Waals surface area contributed by atoms with Gasteiger partial charge in [0.1, 0.15) is 16.3 Å². The third-order valence-corrected chi connectivity index (χ3v) is 0.202. The molecule has 0 amide bonds. The van der Waals surface area contributed by atoms with Crippen LogP contribution in [0.5, 0.6) is 0 Å². The van der Waals surface area contributed by atoms with Crippen LogP contribution >= 0.6 is 16.3 Å². The van der Waals surface area contributed by atoms with Gasteiger partial charge in [0.05, 0.1) is 7.11 Å². The van der Waals surface area contributed by atoms with Crippen molar-refractivity contribution in [2.45, 2.75) is 0 Å². The summed E-state index contributed by atoms with van der Waals surface area (Å²) in [6.07, 6.45) is 0. The molecule has 0 radical (unpaired) electrons. The van der Waals surface area contributed by atoms with E-state index >= 15 is 0 Å². The molecule has 3 nitrogen and oxygen atoms in total. The van der Waals surface area contributed by atoms with Crippen LogP contribution in [0.3, 0.4) is 0 Å². The van der Waals surface area contributed by atoms with Crippen LogP contribution in [-0.4, -0.2) is 7.11 Å². The van der Waals surface area contributed by atoms with Crippen molar-refractivity contribution in [3.63, 3.8) is 0 Å². The highest BCUT2D eigenvalue weighted by molar-refractivity contribution is 9.05. The second-order valence-corrected chi connectivity index (χ2v) is 0.562. The lowest BCUT2D eigenvalue weighted by Gasteiger charge is -1.82. The topological polar surface area (TPSA) is 27.7 Å². The first-order chi connectivity index (χ1) is 2.41. The van der Waals surface area contributed by atoms with E-state index in [1.807, 2.05) is 0 Å². The molecule has 0 atom stereocenters. The number of hydrogen-bond donors (Lipinski definition) is 0. The molecular formula is CH3BrO3. The van der Waals surface area contributed by atoms with Gasteiger partial charge in [0.25, 0.3) is 0 Å². The first-order valence-corrected chi connectivity index (χ1v) is 1.54. The SMILES string of the molecule is COOOBr. The minimum Gasteiger partial charge on any atom is -0.209 e. The van der Waals surface area contributed by atoms with Crippen LogP contribution < -0.4 is 0 Å². The second-order valence-electron chi connectivity index (χ2n) is 0.298. The average Bonchev–Trinajstić information content (AvgIpc) is 1.41. The minimum atomic E-state index is 1.33. The van der Waals surface area contributed by atoms with E-state index in [2.05, 4.69) is 30.2 Å². The number of halogens is 1. The van der Waals surface area contributed by atoms with E-state index in [4.69, 9.17) is 0 Å². The van der Waals surface area contributed by atoms with Crippen LogP contribution in [0, 0.1) is 0 Å². The zero-order valence-electron chi connectivity index (χ0n) is 2.60. The summed E-state index contributed by atoms with van der Waals surface area (Å²) >= 11 is 2.46. The van der Waals surface area contributed by atoms with Crippen LogP contribution in [0.25, 0.3) is 0 Å². The van der Waals surface area contributed by atoms with E-state index in [-0.39, 0.29) is 0 Å². The van der Waals surface area contributed by atoms with Crippen molar-refractivity contribution in [2.24, 2.45) is 0 Å². The Hall–Kier alpha value is 0.360. The van der Waals surface area contributed by atoms with Crippen molar-refractivity contribution < 1.29 is 13.9 Å². The Morgan fingerprint density at radius 2 is 2.20 bits per heavy atom. The van der Waals surface area contributed by atoms with Gasteiger partial charge in [-0.15, -0.1) is 3.98 Å². The van der Waals surface area contributed by atoms with E-state index in [9.17, 15) is 0 Å². The van der Waals surface area contributed by atoms with Crippen LogP contribution in [0.4, 0.5) is 0 Å². The highest BCUT2D eigenvalue weighted by Crippen LogP contribution is 1.82. The number of rotatable bonds is 2. The second kappa shape index (κ2) is 4.36. The van der Waals surface area contributed by atoms with E-state index in [1.54, 1.807) is 0 Å². The maximum atomic E-state index is 3.92. The van der Waals surface area contributed by atoms with Gasteiger partial charge in [0.2, 0.25) is 0 Å². The summed E-state index contributed by atoms with van der Waals surface area (Å²) in [6.45, 7) is 0. The molecule has 5 heavy (non-hydrogen) atoms. The molecule has 0 unspecified atom stereocenters. The standard InChI is InChI=1S/CH3BrO3/c1-3-5-4-2/h1H3. The molecule has 0 rings (SSSR count). The normalized spacial score (nSPS) is 8.40. The van der Waals surface area contributed by atoms with Gasteiger partial charge in [-0.05, 0) is 0 Å². The first kappa shape index (κ1) is 5.36. The van der Waals surface area contributed by atoms with Crippen molar-refractivity contribution >= 4 is 16.3 Å². The summed E-state index contributed by atoms with van der Waals surface area (Å²) in [4.78, 5) is 3.92. The molecule has 0 aliphatic heterocycles. The van der Waals surface area contributed by atoms with Crippen LogP contribution in [0.1, 0.15) is 0 Å². The van der Waals surface area contributed by atoms with Gasteiger partial charge in [-0.2, -0.15) is 0 Å². The van der Waals surface area contributed by atoms with Crippen LogP contribution in [0.2, 0.25) is 0 Å². The molecule has 0 aliphatic carbocycles. The molecule has 0 aromatic heterocycles. The third kappa shape index (κ3) is 4.36. The van der Waals surface area contributed by atoms with Gasteiger partial charge in [-0.25, -0.2) is 4.89 Å². The van der Waals surface area contributed by atoms with E-state index in [0.717, 1.165) is 0 Å². The fourth-order valence-electron chi connectivity index (χ4n) is 0.0257. The van der Waals surface area contributed by atoms with Gasteiger partial charge in [0.15, 0.2) is 0 Å². The Morgan fingerprint density at radius 1 is 1.60 bits per heavy atom. The van der Waals surface area contributed by atoms with Gasteiger partial charge in [-0.3, -0.25) is 0 Å². The molecule has 0 aromatic rings. The fraction of sp³-hybridized carbons (Fsp3) is 1.00. The highest BCUT2D eigenvalue weighted by Gasteiger charge is 1.66. The molecule has 0 saturated carbocycles. The van der Waals surface area contributed by atoms with Gasteiger partial charge < -0.3 is 0 Å². The quantitative estimate of drug-likeness (QED) is 0.422. The molecule has 0 fully saturated rings. The molecule has 0 heterocycles. The van der Waals surface area contributed by atoms with Gasteiger partial charge in [0, 0.05) is 0 Å². The lowest BCUT2D eigenvalue weighted by Crippen LogP contribution is -1.77. The van der Waals surface area contributed by atoms with Crippen molar-refractivity contribution in [3.8, 4) is 0 Å². The lowest BCUT2D eigenvalue weighted by atomic mass is 11.8. The van der Waals surface area contributed by atoms with Crippen LogP contribution in [0.15, 0.2) is 0 Å². The molecule has 0 spiro atoms. The third-order valence-electron chi connectivity index (χ3n) is 0.0938. The molecule has 0 N–H and O–H groups in total. The average molecular weight is 143 g/mol. The van der Waals surface area contributed by atoms with Crippen molar-refractivity contribution in [2.75, 3.05) is 7.11 Å². The predicted molar refractivity (Wildman–Crippen MR) is 18.1 cm³/mol. The summed E-state index contributed by atoms with van der Waals surface area (Å²) in [5, 5.41) is 3.75. The van der Waals surface area contributed by atoms with E-state index < -0.39 is 0 Å². The maximum absolute atomic E-state index is 3.92. The Morgan fingerprint density at radius 3 is 2.20 bits per heavy atom. The summed E-state index contributed by atoms with van der Waals surface area (Å²) in [6, 6.07) is 0. The van der Waals surface area contributed by atoms with Crippen molar-refractivity contribution in [3.05, 3.63) is 0 Å². The molecule has 0 saturated heterocycles. The number of hydrogen-bond acceptors (Lipinski definition) is 3. The van der Waals surface area contributed by atoms with Crippen molar-refractivity contribution in [1.29, 1.82) is 0 Å². The maximum Gasteiger partial charge on any atom is 0.146 e. The Labute approximate surface area is 38.1 Å². The van der Waals surface area contributed by atoms with Crippen molar-refractivity contribution in [1.82, 2.24) is 0 Å². The molecule has 0 aromatic carbocycles. The molecule has 4 heteroatoms. The fourth-order valence-corrected chi connectivity index (χ4v) is 0.134. The monoisotopic (exact) mass is 142 g/mol. The van der Waals surface area contributed by atoms with E-state index in [0.29, 0.717) is 0 Å². The minimum absolute atomic E-state index is 1.33. The van der Waals surface area contributed by atoms with Gasteiger partial charge in [-0.1, -0.05) is 5.04 Å². The first-order valence-electron chi connectivity index (χ1n) is 0.896. The zero-order valence-corrected chi connectivity index (χ0v) is 4.19.